The van der Waals surface area contributed by atoms with Crippen molar-refractivity contribution in [1.82, 2.24) is 0 Å². The quantitative estimate of drug-likeness (QED) is 0.116. The van der Waals surface area contributed by atoms with Gasteiger partial charge in [-0.15, -0.1) is 0 Å². The van der Waals surface area contributed by atoms with Crippen molar-refractivity contribution in [2.75, 3.05) is 14.2 Å². The molecule has 0 atom stereocenters. The lowest BCUT2D eigenvalue weighted by molar-refractivity contribution is 0.414. The van der Waals surface area contributed by atoms with Crippen LogP contribution in [0.15, 0.2) is 194 Å². The first-order valence-electron chi connectivity index (χ1n) is 19.6. The Hall–Kier alpha value is -7.42. The molecule has 280 valence electrons. The van der Waals surface area contributed by atoms with Crippen molar-refractivity contribution in [2.24, 2.45) is 0 Å². The monoisotopic (exact) mass is 748 g/mol. The van der Waals surface area contributed by atoms with E-state index in [0.717, 1.165) is 78.3 Å². The SMILES string of the molecule is COc1ccc(C(=Cc2ccccc2C=Cc2cc3ccccc3cc2C=Cc2ccccc2C=C(c2ccccc2)c2ccc(OC)cc2)c2ccccc2)cc1. The summed E-state index contributed by atoms with van der Waals surface area (Å²) in [6.07, 6.45) is 13.5. The van der Waals surface area contributed by atoms with Crippen molar-refractivity contribution in [3.63, 3.8) is 0 Å². The van der Waals surface area contributed by atoms with E-state index in [0.29, 0.717) is 0 Å². The molecule has 0 heterocycles. The smallest absolute Gasteiger partial charge is 0.118 e. The number of benzene rings is 8. The van der Waals surface area contributed by atoms with Crippen LogP contribution in [0.5, 0.6) is 11.5 Å². The van der Waals surface area contributed by atoms with Crippen LogP contribution in [-0.4, -0.2) is 14.2 Å². The predicted molar refractivity (Wildman–Crippen MR) is 248 cm³/mol. The molecule has 0 aliphatic heterocycles. The van der Waals surface area contributed by atoms with Crippen molar-refractivity contribution in [3.05, 3.63) is 250 Å². The number of methoxy groups -OCH3 is 2. The molecule has 0 spiro atoms. The molecule has 0 N–H and O–H groups in total. The number of fused-ring (bicyclic) bond motifs is 1. The van der Waals surface area contributed by atoms with Crippen LogP contribution in [0.1, 0.15) is 55.6 Å². The number of ether oxygens (including phenoxy) is 2. The van der Waals surface area contributed by atoms with Gasteiger partial charge in [-0.05, 0) is 126 Å². The summed E-state index contributed by atoms with van der Waals surface area (Å²) in [4.78, 5) is 0. The third-order valence-electron chi connectivity index (χ3n) is 10.4. The summed E-state index contributed by atoms with van der Waals surface area (Å²) in [7, 11) is 3.40. The minimum atomic E-state index is 0.838. The maximum absolute atomic E-state index is 5.47. The van der Waals surface area contributed by atoms with Crippen LogP contribution in [0, 0.1) is 0 Å². The van der Waals surface area contributed by atoms with E-state index in [1.54, 1.807) is 14.2 Å². The lowest BCUT2D eigenvalue weighted by atomic mass is 9.93. The molecule has 0 aliphatic carbocycles. The molecule has 0 aromatic heterocycles. The van der Waals surface area contributed by atoms with Gasteiger partial charge in [0.25, 0.3) is 0 Å². The molecule has 0 saturated heterocycles. The Morgan fingerprint density at radius 2 is 0.621 bits per heavy atom. The normalized spacial score (nSPS) is 12.0. The maximum atomic E-state index is 5.47. The molecule has 0 bridgehead atoms. The van der Waals surface area contributed by atoms with Crippen molar-refractivity contribution in [2.45, 2.75) is 0 Å². The zero-order chi connectivity index (χ0) is 39.5. The van der Waals surface area contributed by atoms with Gasteiger partial charge in [0, 0.05) is 0 Å². The molecular weight excluding hydrogens is 705 g/mol. The van der Waals surface area contributed by atoms with Gasteiger partial charge in [-0.3, -0.25) is 0 Å². The molecule has 2 nitrogen and oxygen atoms in total. The first-order chi connectivity index (χ1) is 28.6. The zero-order valence-corrected chi connectivity index (χ0v) is 32.8. The molecule has 0 unspecified atom stereocenters. The van der Waals surface area contributed by atoms with Gasteiger partial charge in [-0.25, -0.2) is 0 Å². The average molecular weight is 749 g/mol. The van der Waals surface area contributed by atoms with Crippen LogP contribution in [0.2, 0.25) is 0 Å². The van der Waals surface area contributed by atoms with E-state index in [9.17, 15) is 0 Å². The minimum Gasteiger partial charge on any atom is -0.497 e. The van der Waals surface area contributed by atoms with Crippen molar-refractivity contribution in [1.29, 1.82) is 0 Å². The second-order valence-corrected chi connectivity index (χ2v) is 14.1. The van der Waals surface area contributed by atoms with Crippen LogP contribution in [0.3, 0.4) is 0 Å². The maximum Gasteiger partial charge on any atom is 0.118 e. The van der Waals surface area contributed by atoms with Gasteiger partial charge < -0.3 is 9.47 Å². The molecule has 0 saturated carbocycles. The van der Waals surface area contributed by atoms with Gasteiger partial charge in [-0.1, -0.05) is 182 Å². The second kappa shape index (κ2) is 18.0. The van der Waals surface area contributed by atoms with Gasteiger partial charge in [0.2, 0.25) is 0 Å². The molecule has 8 rings (SSSR count). The third kappa shape index (κ3) is 8.83. The Bertz CT molecular complexity index is 2560. The molecule has 0 aliphatic rings. The summed E-state index contributed by atoms with van der Waals surface area (Å²) < 4.78 is 10.9. The van der Waals surface area contributed by atoms with Gasteiger partial charge in [-0.2, -0.15) is 0 Å². The first-order valence-corrected chi connectivity index (χ1v) is 19.6. The van der Waals surface area contributed by atoms with Crippen molar-refractivity contribution < 1.29 is 9.47 Å². The zero-order valence-electron chi connectivity index (χ0n) is 32.8. The Morgan fingerprint density at radius 3 is 1.00 bits per heavy atom. The van der Waals surface area contributed by atoms with E-state index in [1.807, 2.05) is 24.3 Å². The van der Waals surface area contributed by atoms with Crippen LogP contribution < -0.4 is 9.47 Å². The van der Waals surface area contributed by atoms with Crippen molar-refractivity contribution in [3.8, 4) is 11.5 Å². The topological polar surface area (TPSA) is 18.5 Å². The Labute approximate surface area is 342 Å². The highest BCUT2D eigenvalue weighted by atomic mass is 16.5. The summed E-state index contributed by atoms with van der Waals surface area (Å²) >= 11 is 0. The van der Waals surface area contributed by atoms with E-state index in [2.05, 4.69) is 206 Å². The lowest BCUT2D eigenvalue weighted by Crippen LogP contribution is -1.91. The van der Waals surface area contributed by atoms with Crippen molar-refractivity contribution >= 4 is 58.4 Å². The fraction of sp³-hybridized carbons (Fsp3) is 0.0357. The number of hydrogen-bond donors (Lipinski definition) is 0. The third-order valence-corrected chi connectivity index (χ3v) is 10.4. The summed E-state index contributed by atoms with van der Waals surface area (Å²) in [6.45, 7) is 0. The van der Waals surface area contributed by atoms with Crippen LogP contribution in [0.25, 0.3) is 58.4 Å². The summed E-state index contributed by atoms with van der Waals surface area (Å²) in [5.41, 5.74) is 13.7. The van der Waals surface area contributed by atoms with E-state index in [4.69, 9.17) is 9.47 Å². The standard InChI is InChI=1S/C56H44O2/c1-57-53-33-29-45(30-34-53)55(43-17-5-3-6-18-43)39-49-23-11-9-15-41(49)25-27-51-37-47-21-13-14-22-48(47)38-52(51)28-26-42-16-10-12-24-50(42)40-56(44-19-7-4-8-20-44)46-31-35-54(58-2)36-32-46/h3-40H,1-2H3. The number of hydrogen-bond acceptors (Lipinski definition) is 2. The fourth-order valence-electron chi connectivity index (χ4n) is 7.27. The van der Waals surface area contributed by atoms with Crippen LogP contribution in [-0.2, 0) is 0 Å². The molecule has 0 fully saturated rings. The highest BCUT2D eigenvalue weighted by molar-refractivity contribution is 5.96. The Balaban J connectivity index is 1.18. The highest BCUT2D eigenvalue weighted by Gasteiger charge is 2.10. The van der Waals surface area contributed by atoms with E-state index in [-0.39, 0.29) is 0 Å². The van der Waals surface area contributed by atoms with Gasteiger partial charge in [0.1, 0.15) is 11.5 Å². The number of rotatable bonds is 12. The fourth-order valence-corrected chi connectivity index (χ4v) is 7.27. The van der Waals surface area contributed by atoms with E-state index in [1.165, 1.54) is 10.8 Å². The second-order valence-electron chi connectivity index (χ2n) is 14.1. The largest absolute Gasteiger partial charge is 0.497 e. The van der Waals surface area contributed by atoms with Crippen LogP contribution >= 0.6 is 0 Å². The van der Waals surface area contributed by atoms with Gasteiger partial charge in [0.05, 0.1) is 14.2 Å². The molecule has 8 aromatic carbocycles. The summed E-state index contributed by atoms with van der Waals surface area (Å²) in [6, 6.07) is 68.0. The molecule has 0 amide bonds. The highest BCUT2D eigenvalue weighted by Crippen LogP contribution is 2.32. The molecular formula is C56H44O2. The van der Waals surface area contributed by atoms with E-state index >= 15 is 0 Å². The molecule has 2 heteroatoms. The summed E-state index contributed by atoms with van der Waals surface area (Å²) in [5, 5.41) is 2.40. The molecule has 8 aromatic rings. The first kappa shape index (κ1) is 37.5. The molecule has 0 radical (unpaired) electrons. The lowest BCUT2D eigenvalue weighted by Gasteiger charge is -2.12. The minimum absolute atomic E-state index is 0.838. The van der Waals surface area contributed by atoms with Crippen LogP contribution in [0.4, 0.5) is 0 Å². The van der Waals surface area contributed by atoms with Gasteiger partial charge >= 0.3 is 0 Å². The van der Waals surface area contributed by atoms with E-state index < -0.39 is 0 Å². The summed E-state index contributed by atoms with van der Waals surface area (Å²) in [5.74, 6) is 1.68. The Kier molecular flexibility index (Phi) is 11.7. The average Bonchev–Trinajstić information content (AvgIpc) is 3.29. The van der Waals surface area contributed by atoms with Gasteiger partial charge in [0.15, 0.2) is 0 Å². The Morgan fingerprint density at radius 1 is 0.310 bits per heavy atom. The predicted octanol–water partition coefficient (Wildman–Crippen LogP) is 14.4. The molecule has 58 heavy (non-hydrogen) atoms.